The molecule has 1 unspecified atom stereocenters. The Morgan fingerprint density at radius 1 is 1.15 bits per heavy atom. The number of nitrogen functional groups attached to an aromatic ring is 2. The number of alkyl halides is 3. The molecule has 12 heteroatoms. The number of benzene rings is 1. The second kappa shape index (κ2) is 8.39. The molecule has 0 bridgehead atoms. The minimum Gasteiger partial charge on any atom is -0.397 e. The number of hydrogen-bond donors (Lipinski definition) is 4. The second-order valence-corrected chi connectivity index (χ2v) is 7.72. The molecule has 6 N–H and O–H groups in total. The third kappa shape index (κ3) is 4.03. The van der Waals surface area contributed by atoms with Gasteiger partial charge in [-0.05, 0) is 37.0 Å². The van der Waals surface area contributed by atoms with Gasteiger partial charge in [0, 0.05) is 24.3 Å². The molecule has 3 heterocycles. The van der Waals surface area contributed by atoms with Gasteiger partial charge in [0.05, 0.1) is 11.3 Å². The number of nitriles is 2. The Hall–Kier alpha value is -4.19. The van der Waals surface area contributed by atoms with E-state index in [-0.39, 0.29) is 45.7 Å². The number of aromatic nitrogens is 1. The monoisotopic (exact) mass is 455 g/mol. The van der Waals surface area contributed by atoms with E-state index in [2.05, 4.69) is 20.6 Å². The summed E-state index contributed by atoms with van der Waals surface area (Å²) in [5.74, 6) is -0.0651. The fourth-order valence-electron chi connectivity index (χ4n) is 4.18. The molecule has 1 aromatic heterocycles. The first-order valence-corrected chi connectivity index (χ1v) is 10.2. The van der Waals surface area contributed by atoms with Gasteiger partial charge in [0.25, 0.3) is 0 Å². The number of hydrogen-bond acceptors (Lipinski definition) is 9. The molecular formula is C21H20F3N9. The highest BCUT2D eigenvalue weighted by Gasteiger charge is 2.37. The Morgan fingerprint density at radius 3 is 2.52 bits per heavy atom. The number of pyridine rings is 1. The predicted molar refractivity (Wildman–Crippen MR) is 117 cm³/mol. The quantitative estimate of drug-likeness (QED) is 0.398. The molecule has 2 aromatic rings. The van der Waals surface area contributed by atoms with Crippen molar-refractivity contribution in [3.63, 3.8) is 0 Å². The molecule has 1 fully saturated rings. The zero-order valence-electron chi connectivity index (χ0n) is 17.4. The summed E-state index contributed by atoms with van der Waals surface area (Å²) in [6, 6.07) is 4.84. The summed E-state index contributed by atoms with van der Waals surface area (Å²) in [5, 5.41) is 23.5. The van der Waals surface area contributed by atoms with Gasteiger partial charge in [-0.2, -0.15) is 23.7 Å². The van der Waals surface area contributed by atoms with Gasteiger partial charge in [-0.3, -0.25) is 5.32 Å². The van der Waals surface area contributed by atoms with Crippen LogP contribution in [0.4, 0.5) is 36.2 Å². The molecule has 33 heavy (non-hydrogen) atoms. The van der Waals surface area contributed by atoms with E-state index in [0.29, 0.717) is 13.1 Å². The lowest BCUT2D eigenvalue weighted by atomic mass is 9.93. The smallest absolute Gasteiger partial charge is 0.397 e. The van der Waals surface area contributed by atoms with Gasteiger partial charge in [-0.1, -0.05) is 6.07 Å². The second-order valence-electron chi connectivity index (χ2n) is 7.72. The van der Waals surface area contributed by atoms with Crippen molar-refractivity contribution in [1.29, 1.82) is 10.5 Å². The minimum atomic E-state index is -4.60. The number of piperidine rings is 1. The number of anilines is 4. The Bertz CT molecular complexity index is 1200. The van der Waals surface area contributed by atoms with Gasteiger partial charge < -0.3 is 21.7 Å². The summed E-state index contributed by atoms with van der Waals surface area (Å²) in [6.07, 6.45) is -0.247. The van der Waals surface area contributed by atoms with Crippen molar-refractivity contribution >= 4 is 29.0 Å². The number of guanidine groups is 1. The van der Waals surface area contributed by atoms with Crippen molar-refractivity contribution in [3.05, 3.63) is 40.5 Å². The lowest BCUT2D eigenvalue weighted by Crippen LogP contribution is -2.33. The van der Waals surface area contributed by atoms with Crippen molar-refractivity contribution in [3.8, 4) is 12.3 Å². The third-order valence-electron chi connectivity index (χ3n) is 5.70. The summed E-state index contributed by atoms with van der Waals surface area (Å²) < 4.78 is 42.2. The molecule has 0 spiro atoms. The van der Waals surface area contributed by atoms with Crippen LogP contribution < -0.4 is 27.0 Å². The van der Waals surface area contributed by atoms with Gasteiger partial charge in [0.2, 0.25) is 5.96 Å². The zero-order chi connectivity index (χ0) is 23.8. The summed E-state index contributed by atoms with van der Waals surface area (Å²) in [6.45, 7) is 1.10. The van der Waals surface area contributed by atoms with Gasteiger partial charge >= 0.3 is 6.18 Å². The van der Waals surface area contributed by atoms with Gasteiger partial charge in [-0.15, -0.1) is 0 Å². The van der Waals surface area contributed by atoms with E-state index in [0.717, 1.165) is 25.3 Å². The van der Waals surface area contributed by atoms with E-state index < -0.39 is 17.8 Å². The Morgan fingerprint density at radius 2 is 1.88 bits per heavy atom. The highest BCUT2D eigenvalue weighted by molar-refractivity contribution is 5.98. The fourth-order valence-corrected chi connectivity index (χ4v) is 4.18. The molecule has 2 aliphatic rings. The Labute approximate surface area is 187 Å². The van der Waals surface area contributed by atoms with Crippen LogP contribution in [-0.4, -0.2) is 24.0 Å². The molecule has 4 rings (SSSR count). The number of rotatable bonds is 2. The summed E-state index contributed by atoms with van der Waals surface area (Å²) in [4.78, 5) is 10.2. The molecule has 1 aromatic carbocycles. The molecule has 0 saturated carbocycles. The standard InChI is InChI=1S/C21H20F3N9/c22-21(23,24)13-8-11(4-5-14(13)33-6-2-1-3-7-33)17-15-16(27)12(9-25)18(28)31-19(15)32-20(30-17)29-10-26/h4-5,8,17H,1-3,6-7H2,(H6,27,28,29,30,31,32). The predicted octanol–water partition coefficient (Wildman–Crippen LogP) is 3.07. The number of nitrogens with zero attached hydrogens (tertiary/aromatic N) is 5. The fraction of sp³-hybridized carbons (Fsp3) is 0.333. The number of nitrogens with two attached hydrogens (primary N) is 2. The van der Waals surface area contributed by atoms with Crippen molar-refractivity contribution in [2.45, 2.75) is 31.5 Å². The van der Waals surface area contributed by atoms with Gasteiger partial charge in [0.15, 0.2) is 6.19 Å². The van der Waals surface area contributed by atoms with Crippen molar-refractivity contribution in [2.24, 2.45) is 4.99 Å². The van der Waals surface area contributed by atoms with Crippen LogP contribution in [0, 0.1) is 22.8 Å². The van der Waals surface area contributed by atoms with E-state index in [1.807, 2.05) is 6.07 Å². The van der Waals surface area contributed by atoms with E-state index >= 15 is 0 Å². The Balaban J connectivity index is 1.89. The molecule has 9 nitrogen and oxygen atoms in total. The van der Waals surface area contributed by atoms with E-state index in [4.69, 9.17) is 16.7 Å². The van der Waals surface area contributed by atoms with Crippen LogP contribution in [0.25, 0.3) is 0 Å². The van der Waals surface area contributed by atoms with Crippen molar-refractivity contribution in [2.75, 3.05) is 34.8 Å². The number of aliphatic imine (C=N–C) groups is 1. The van der Waals surface area contributed by atoms with Crippen LogP contribution in [0.2, 0.25) is 0 Å². The van der Waals surface area contributed by atoms with Crippen LogP contribution in [0.1, 0.15) is 47.6 Å². The summed E-state index contributed by atoms with van der Waals surface area (Å²) in [7, 11) is 0. The molecule has 0 aliphatic carbocycles. The maximum absolute atomic E-state index is 14.1. The first-order valence-electron chi connectivity index (χ1n) is 10.2. The molecule has 170 valence electrons. The normalized spacial score (nSPS) is 17.8. The minimum absolute atomic E-state index is 0.0281. The van der Waals surface area contributed by atoms with Crippen molar-refractivity contribution in [1.82, 2.24) is 10.3 Å². The number of nitrogens with one attached hydrogen (secondary N) is 2. The highest BCUT2D eigenvalue weighted by Crippen LogP contribution is 2.44. The molecular weight excluding hydrogens is 435 g/mol. The topological polar surface area (TPSA) is 152 Å². The first-order chi connectivity index (χ1) is 15.7. The molecule has 0 amide bonds. The van der Waals surface area contributed by atoms with Gasteiger partial charge in [-0.25, -0.2) is 9.98 Å². The Kier molecular flexibility index (Phi) is 5.60. The average molecular weight is 455 g/mol. The summed E-state index contributed by atoms with van der Waals surface area (Å²) >= 11 is 0. The molecule has 1 saturated heterocycles. The van der Waals surface area contributed by atoms with Crippen LogP contribution in [0.5, 0.6) is 0 Å². The lowest BCUT2D eigenvalue weighted by Gasteiger charge is -2.32. The number of fused-ring (bicyclic) bond motifs is 1. The maximum Gasteiger partial charge on any atom is 0.418 e. The third-order valence-corrected chi connectivity index (χ3v) is 5.70. The number of halogens is 3. The average Bonchev–Trinajstić information content (AvgIpc) is 2.78. The molecule has 1 atom stereocenters. The van der Waals surface area contributed by atoms with Gasteiger partial charge in [0.1, 0.15) is 29.3 Å². The zero-order valence-corrected chi connectivity index (χ0v) is 17.4. The first kappa shape index (κ1) is 22.0. The largest absolute Gasteiger partial charge is 0.418 e. The molecule has 0 radical (unpaired) electrons. The van der Waals surface area contributed by atoms with E-state index in [1.54, 1.807) is 17.2 Å². The van der Waals surface area contributed by atoms with E-state index in [9.17, 15) is 18.4 Å². The lowest BCUT2D eigenvalue weighted by molar-refractivity contribution is -0.137. The SMILES string of the molecule is N#CNC1=NC(c2ccc(N3CCCCC3)c(C(F)(F)F)c2)c2c(nc(N)c(C#N)c2N)N1. The van der Waals surface area contributed by atoms with E-state index in [1.165, 1.54) is 6.07 Å². The van der Waals surface area contributed by atoms with Crippen LogP contribution in [-0.2, 0) is 6.18 Å². The van der Waals surface area contributed by atoms with Crippen LogP contribution >= 0.6 is 0 Å². The highest BCUT2D eigenvalue weighted by atomic mass is 19.4. The summed E-state index contributed by atoms with van der Waals surface area (Å²) in [5.41, 5.74) is 11.6. The van der Waals surface area contributed by atoms with Crippen LogP contribution in [0.3, 0.4) is 0 Å². The van der Waals surface area contributed by atoms with Crippen molar-refractivity contribution < 1.29 is 13.2 Å². The molecule has 2 aliphatic heterocycles. The maximum atomic E-state index is 14.1. The van der Waals surface area contributed by atoms with Crippen LogP contribution in [0.15, 0.2) is 23.2 Å².